The summed E-state index contributed by atoms with van der Waals surface area (Å²) in [7, 11) is 0. The third-order valence-electron chi connectivity index (χ3n) is 1.22. The van der Waals surface area contributed by atoms with Gasteiger partial charge in [-0.15, -0.1) is 0 Å². The molecule has 4 heteroatoms. The Balaban J connectivity index is 2.39. The molecule has 0 radical (unpaired) electrons. The summed E-state index contributed by atoms with van der Waals surface area (Å²) >= 11 is 2.19. The van der Waals surface area contributed by atoms with Gasteiger partial charge in [0.25, 0.3) is 0 Å². The van der Waals surface area contributed by atoms with Gasteiger partial charge in [-0.2, -0.15) is 0 Å². The van der Waals surface area contributed by atoms with Crippen molar-refractivity contribution < 1.29 is 14.6 Å². The molecule has 1 aliphatic rings. The Morgan fingerprint density at radius 2 is 2.44 bits per heavy atom. The molecule has 0 bridgehead atoms. The first-order valence-corrected chi connectivity index (χ1v) is 3.93. The third-order valence-corrected chi connectivity index (χ3v) is 2.09. The van der Waals surface area contributed by atoms with Gasteiger partial charge in [0.1, 0.15) is 0 Å². The minimum Gasteiger partial charge on any atom is -0.479 e. The van der Waals surface area contributed by atoms with Crippen LogP contribution in [0.4, 0.5) is 0 Å². The van der Waals surface area contributed by atoms with Crippen molar-refractivity contribution in [1.29, 1.82) is 0 Å². The van der Waals surface area contributed by atoms with Crippen LogP contribution in [0.5, 0.6) is 0 Å². The average molecular weight is 242 g/mol. The fraction of sp³-hybridized carbons (Fsp3) is 0.800. The highest BCUT2D eigenvalue weighted by Gasteiger charge is 2.28. The first-order valence-electron chi connectivity index (χ1n) is 2.68. The summed E-state index contributed by atoms with van der Waals surface area (Å²) < 4.78 is 5.30. The van der Waals surface area contributed by atoms with Gasteiger partial charge >= 0.3 is 5.97 Å². The van der Waals surface area contributed by atoms with Gasteiger partial charge in [0.2, 0.25) is 0 Å². The van der Waals surface area contributed by atoms with Gasteiger partial charge in [-0.3, -0.25) is 0 Å². The van der Waals surface area contributed by atoms with Crippen molar-refractivity contribution in [2.75, 3.05) is 6.61 Å². The predicted molar refractivity (Wildman–Crippen MR) is 39.8 cm³/mol. The van der Waals surface area contributed by atoms with Crippen molar-refractivity contribution >= 4 is 28.6 Å². The van der Waals surface area contributed by atoms with E-state index in [0.717, 1.165) is 0 Å². The van der Waals surface area contributed by atoms with E-state index in [4.69, 9.17) is 9.84 Å². The molecular weight excluding hydrogens is 235 g/mol. The molecule has 1 rings (SSSR count). The third kappa shape index (κ3) is 1.79. The number of carboxylic acids is 1. The molecule has 1 fully saturated rings. The van der Waals surface area contributed by atoms with Gasteiger partial charge in [0.15, 0.2) is 6.10 Å². The van der Waals surface area contributed by atoms with Crippen molar-refractivity contribution in [1.82, 2.24) is 0 Å². The van der Waals surface area contributed by atoms with Gasteiger partial charge in [-0.05, 0) is 6.42 Å². The van der Waals surface area contributed by atoms with Gasteiger partial charge in [0, 0.05) is 3.92 Å². The lowest BCUT2D eigenvalue weighted by molar-refractivity contribution is -0.147. The summed E-state index contributed by atoms with van der Waals surface area (Å²) in [6, 6.07) is 0. The Labute approximate surface area is 66.5 Å². The number of hydrogen-bond donors (Lipinski definition) is 1. The number of carbonyl (C=O) groups is 1. The Morgan fingerprint density at radius 3 is 2.67 bits per heavy atom. The van der Waals surface area contributed by atoms with E-state index >= 15 is 0 Å². The standard InChI is InChI=1S/C5H7IO3/c6-3-1-4(5(7)8)9-2-3/h3-4H,1-2H2,(H,7,8). The van der Waals surface area contributed by atoms with Crippen molar-refractivity contribution in [3.8, 4) is 0 Å². The molecule has 0 spiro atoms. The number of hydrogen-bond acceptors (Lipinski definition) is 2. The topological polar surface area (TPSA) is 46.5 Å². The van der Waals surface area contributed by atoms with Crippen LogP contribution in [0.3, 0.4) is 0 Å². The molecule has 0 aliphatic carbocycles. The number of aliphatic carboxylic acids is 1. The molecule has 1 aliphatic heterocycles. The van der Waals surface area contributed by atoms with E-state index in [2.05, 4.69) is 22.6 Å². The van der Waals surface area contributed by atoms with E-state index in [1.807, 2.05) is 0 Å². The normalized spacial score (nSPS) is 34.8. The molecule has 2 unspecified atom stereocenters. The van der Waals surface area contributed by atoms with E-state index in [1.54, 1.807) is 0 Å². The van der Waals surface area contributed by atoms with Crippen molar-refractivity contribution in [2.45, 2.75) is 16.4 Å². The van der Waals surface area contributed by atoms with Crippen LogP contribution in [-0.4, -0.2) is 27.7 Å². The number of rotatable bonds is 1. The molecule has 0 amide bonds. The van der Waals surface area contributed by atoms with Crippen LogP contribution in [0.1, 0.15) is 6.42 Å². The summed E-state index contributed by atoms with van der Waals surface area (Å²) in [6.07, 6.45) is 0.0995. The summed E-state index contributed by atoms with van der Waals surface area (Å²) in [5.74, 6) is -0.839. The molecule has 1 N–H and O–H groups in total. The van der Waals surface area contributed by atoms with Gasteiger partial charge < -0.3 is 9.84 Å². The van der Waals surface area contributed by atoms with Crippen LogP contribution in [0.15, 0.2) is 0 Å². The Bertz CT molecular complexity index is 125. The Hall–Kier alpha value is 0.160. The number of halogens is 1. The maximum Gasteiger partial charge on any atom is 0.332 e. The SMILES string of the molecule is O=C(O)C1CC(I)CO1. The van der Waals surface area contributed by atoms with E-state index in [1.165, 1.54) is 0 Å². The fourth-order valence-corrected chi connectivity index (χ4v) is 1.43. The minimum atomic E-state index is -0.839. The molecule has 1 saturated heterocycles. The molecule has 0 saturated carbocycles. The largest absolute Gasteiger partial charge is 0.479 e. The van der Waals surface area contributed by atoms with Crippen LogP contribution < -0.4 is 0 Å². The summed E-state index contributed by atoms with van der Waals surface area (Å²) in [6.45, 7) is 0.581. The highest BCUT2D eigenvalue weighted by molar-refractivity contribution is 14.1. The lowest BCUT2D eigenvalue weighted by Gasteiger charge is -1.98. The first-order chi connectivity index (χ1) is 4.20. The van der Waals surface area contributed by atoms with Crippen LogP contribution >= 0.6 is 22.6 Å². The summed E-state index contributed by atoms with van der Waals surface area (Å²) in [5.41, 5.74) is 0. The maximum atomic E-state index is 10.2. The molecule has 0 aromatic heterocycles. The molecule has 52 valence electrons. The van der Waals surface area contributed by atoms with Gasteiger partial charge in [-0.25, -0.2) is 4.79 Å². The van der Waals surface area contributed by atoms with E-state index in [0.29, 0.717) is 17.0 Å². The average Bonchev–Trinajstić information content (AvgIpc) is 2.14. The Morgan fingerprint density at radius 1 is 1.78 bits per heavy atom. The van der Waals surface area contributed by atoms with Crippen molar-refractivity contribution in [3.63, 3.8) is 0 Å². The highest BCUT2D eigenvalue weighted by atomic mass is 127. The highest BCUT2D eigenvalue weighted by Crippen LogP contribution is 2.19. The molecule has 1 heterocycles. The quantitative estimate of drug-likeness (QED) is 0.542. The number of alkyl halides is 1. The van der Waals surface area contributed by atoms with E-state index < -0.39 is 12.1 Å². The zero-order valence-corrected chi connectivity index (χ0v) is 6.87. The van der Waals surface area contributed by atoms with E-state index in [9.17, 15) is 4.79 Å². The minimum absolute atomic E-state index is 0.378. The van der Waals surface area contributed by atoms with Crippen LogP contribution in [0, 0.1) is 0 Å². The molecule has 0 aromatic carbocycles. The Kier molecular flexibility index (Phi) is 2.29. The number of carboxylic acid groups (broad SMARTS) is 1. The molecule has 2 atom stereocenters. The monoisotopic (exact) mass is 242 g/mol. The predicted octanol–water partition coefficient (Wildman–Crippen LogP) is 0.663. The molecule has 9 heavy (non-hydrogen) atoms. The second kappa shape index (κ2) is 2.83. The van der Waals surface area contributed by atoms with Crippen molar-refractivity contribution in [3.05, 3.63) is 0 Å². The fourth-order valence-electron chi connectivity index (χ4n) is 0.761. The summed E-state index contributed by atoms with van der Waals surface area (Å²) in [4.78, 5) is 10.2. The lowest BCUT2D eigenvalue weighted by Crippen LogP contribution is -2.18. The smallest absolute Gasteiger partial charge is 0.332 e. The summed E-state index contributed by atoms with van der Waals surface area (Å²) in [5, 5.41) is 8.40. The second-order valence-electron chi connectivity index (χ2n) is 1.99. The number of ether oxygens (including phenoxy) is 1. The van der Waals surface area contributed by atoms with Gasteiger partial charge in [0.05, 0.1) is 6.61 Å². The lowest BCUT2D eigenvalue weighted by atomic mass is 10.2. The van der Waals surface area contributed by atoms with E-state index in [-0.39, 0.29) is 0 Å². The van der Waals surface area contributed by atoms with Crippen LogP contribution in [0.2, 0.25) is 0 Å². The second-order valence-corrected chi connectivity index (χ2v) is 3.75. The first kappa shape index (κ1) is 7.27. The van der Waals surface area contributed by atoms with Crippen molar-refractivity contribution in [2.24, 2.45) is 0 Å². The molecule has 3 nitrogen and oxygen atoms in total. The van der Waals surface area contributed by atoms with Crippen LogP contribution in [-0.2, 0) is 9.53 Å². The molecular formula is C5H7IO3. The maximum absolute atomic E-state index is 10.2. The zero-order valence-electron chi connectivity index (χ0n) is 4.71. The molecule has 0 aromatic rings. The van der Waals surface area contributed by atoms with Gasteiger partial charge in [-0.1, -0.05) is 22.6 Å². The zero-order chi connectivity index (χ0) is 6.85. The van der Waals surface area contributed by atoms with Crippen LogP contribution in [0.25, 0.3) is 0 Å².